The van der Waals surface area contributed by atoms with Gasteiger partial charge >= 0.3 is 0 Å². The molecule has 2 aromatic rings. The van der Waals surface area contributed by atoms with Gasteiger partial charge in [-0.15, -0.1) is 0 Å². The molecule has 1 heterocycles. The Balaban J connectivity index is 2.52. The zero-order valence-electron chi connectivity index (χ0n) is 8.50. The van der Waals surface area contributed by atoms with Crippen molar-refractivity contribution >= 4 is 0 Å². The fourth-order valence-corrected chi connectivity index (χ4v) is 1.39. The van der Waals surface area contributed by atoms with Crippen molar-refractivity contribution in [3.8, 4) is 11.4 Å². The van der Waals surface area contributed by atoms with E-state index in [1.165, 1.54) is 6.33 Å². The van der Waals surface area contributed by atoms with Gasteiger partial charge in [0.1, 0.15) is 12.1 Å². The Morgan fingerprint density at radius 2 is 2.25 bits per heavy atom. The second-order valence-electron chi connectivity index (χ2n) is 3.34. The van der Waals surface area contributed by atoms with E-state index >= 15 is 0 Å². The Labute approximate surface area is 91.8 Å². The summed E-state index contributed by atoms with van der Waals surface area (Å²) in [4.78, 5) is 14.9. The van der Waals surface area contributed by atoms with Gasteiger partial charge in [0.05, 0.1) is 5.69 Å². The van der Waals surface area contributed by atoms with Crippen LogP contribution in [-0.4, -0.2) is 14.7 Å². The molecule has 1 aromatic heterocycles. The third-order valence-corrected chi connectivity index (χ3v) is 2.22. The maximum Gasteiger partial charge on any atom is 0.277 e. The van der Waals surface area contributed by atoms with Gasteiger partial charge in [0.15, 0.2) is 0 Å². The predicted octanol–water partition coefficient (Wildman–Crippen LogP) is 0.397. The summed E-state index contributed by atoms with van der Waals surface area (Å²) >= 11 is 0. The van der Waals surface area contributed by atoms with E-state index in [1.807, 2.05) is 0 Å². The van der Waals surface area contributed by atoms with E-state index < -0.39 is 0 Å². The van der Waals surface area contributed by atoms with Gasteiger partial charge in [0.2, 0.25) is 0 Å². The second-order valence-corrected chi connectivity index (χ2v) is 3.34. The lowest BCUT2D eigenvalue weighted by Crippen LogP contribution is -2.18. The number of phenolic OH excluding ortho intramolecular Hbond substituents is 1. The molecule has 2 rings (SSSR count). The van der Waals surface area contributed by atoms with Gasteiger partial charge in [-0.05, 0) is 12.1 Å². The summed E-state index contributed by atoms with van der Waals surface area (Å²) in [6.45, 7) is 0.144. The molecular weight excluding hydrogens is 206 g/mol. The van der Waals surface area contributed by atoms with Gasteiger partial charge in [-0.1, -0.05) is 6.07 Å². The van der Waals surface area contributed by atoms with Gasteiger partial charge in [-0.25, -0.2) is 0 Å². The zero-order chi connectivity index (χ0) is 11.5. The molecule has 0 unspecified atom stereocenters. The lowest BCUT2D eigenvalue weighted by molar-refractivity contribution is 0.475. The summed E-state index contributed by atoms with van der Waals surface area (Å²) in [6, 6.07) is 6.66. The normalized spacial score (nSPS) is 10.3. The van der Waals surface area contributed by atoms with Gasteiger partial charge in [-0.2, -0.15) is 4.98 Å². The number of nitrogens with two attached hydrogens (primary N) is 1. The summed E-state index contributed by atoms with van der Waals surface area (Å²) in [5.74, 6) is 0.158. The van der Waals surface area contributed by atoms with Crippen LogP contribution >= 0.6 is 0 Å². The van der Waals surface area contributed by atoms with E-state index in [0.717, 1.165) is 5.69 Å². The molecule has 0 aliphatic carbocycles. The number of rotatable bonds is 2. The highest BCUT2D eigenvalue weighted by Crippen LogP contribution is 2.14. The first kappa shape index (κ1) is 10.4. The molecule has 0 atom stereocenters. The molecular formula is C11H11N3O2. The molecule has 82 valence electrons. The molecule has 1 aromatic carbocycles. The third kappa shape index (κ3) is 1.94. The minimum absolute atomic E-state index is 0.144. The highest BCUT2D eigenvalue weighted by molar-refractivity contribution is 5.38. The molecule has 0 aliphatic rings. The number of aromatic hydroxyl groups is 1. The SMILES string of the molecule is NCc1cn(-c2cccc(O)c2)cnc1=O. The highest BCUT2D eigenvalue weighted by Gasteiger charge is 2.01. The van der Waals surface area contributed by atoms with Crippen LogP contribution in [0.15, 0.2) is 41.6 Å². The van der Waals surface area contributed by atoms with Crippen LogP contribution < -0.4 is 11.3 Å². The maximum absolute atomic E-state index is 11.2. The quantitative estimate of drug-likeness (QED) is 0.762. The summed E-state index contributed by atoms with van der Waals surface area (Å²) in [5.41, 5.74) is 6.26. The molecule has 5 heteroatoms. The van der Waals surface area contributed by atoms with Gasteiger partial charge in [0, 0.05) is 24.4 Å². The average molecular weight is 217 g/mol. The highest BCUT2D eigenvalue weighted by atomic mass is 16.3. The molecule has 0 spiro atoms. The van der Waals surface area contributed by atoms with Crippen LogP contribution in [0.4, 0.5) is 0 Å². The summed E-state index contributed by atoms with van der Waals surface area (Å²) in [6.07, 6.45) is 3.01. The van der Waals surface area contributed by atoms with Crippen LogP contribution in [-0.2, 0) is 6.54 Å². The Kier molecular flexibility index (Phi) is 2.70. The molecule has 16 heavy (non-hydrogen) atoms. The van der Waals surface area contributed by atoms with E-state index in [0.29, 0.717) is 5.56 Å². The van der Waals surface area contributed by atoms with E-state index in [9.17, 15) is 9.90 Å². The Hall–Kier alpha value is -2.14. The minimum atomic E-state index is -0.320. The molecule has 0 amide bonds. The number of nitrogens with zero attached hydrogens (tertiary/aromatic N) is 2. The minimum Gasteiger partial charge on any atom is -0.508 e. The molecule has 0 saturated heterocycles. The molecule has 5 nitrogen and oxygen atoms in total. The van der Waals surface area contributed by atoms with Crippen molar-refractivity contribution in [1.29, 1.82) is 0 Å². The number of aromatic nitrogens is 2. The van der Waals surface area contributed by atoms with E-state index in [4.69, 9.17) is 5.73 Å². The largest absolute Gasteiger partial charge is 0.508 e. The van der Waals surface area contributed by atoms with Crippen molar-refractivity contribution in [3.05, 3.63) is 52.7 Å². The van der Waals surface area contributed by atoms with Crippen LogP contribution in [0.2, 0.25) is 0 Å². The number of phenols is 1. The van der Waals surface area contributed by atoms with Crippen molar-refractivity contribution in [2.75, 3.05) is 0 Å². The first-order chi connectivity index (χ1) is 7.70. The Morgan fingerprint density at radius 3 is 2.94 bits per heavy atom. The topological polar surface area (TPSA) is 81.1 Å². The fraction of sp³-hybridized carbons (Fsp3) is 0.0909. The van der Waals surface area contributed by atoms with Crippen LogP contribution in [0.25, 0.3) is 5.69 Å². The molecule has 0 aliphatic heterocycles. The number of hydrogen-bond acceptors (Lipinski definition) is 4. The van der Waals surface area contributed by atoms with Crippen LogP contribution in [0.1, 0.15) is 5.56 Å². The molecule has 0 saturated carbocycles. The van der Waals surface area contributed by atoms with Crippen molar-refractivity contribution in [2.45, 2.75) is 6.54 Å². The molecule has 0 fully saturated rings. The van der Waals surface area contributed by atoms with Crippen LogP contribution in [0.5, 0.6) is 5.75 Å². The van der Waals surface area contributed by atoms with Crippen molar-refractivity contribution in [1.82, 2.24) is 9.55 Å². The average Bonchev–Trinajstić information content (AvgIpc) is 2.29. The van der Waals surface area contributed by atoms with Crippen molar-refractivity contribution < 1.29 is 5.11 Å². The number of hydrogen-bond donors (Lipinski definition) is 2. The number of benzene rings is 1. The lowest BCUT2D eigenvalue weighted by atomic mass is 10.3. The monoisotopic (exact) mass is 217 g/mol. The first-order valence-corrected chi connectivity index (χ1v) is 4.77. The smallest absolute Gasteiger partial charge is 0.277 e. The molecule has 0 bridgehead atoms. The first-order valence-electron chi connectivity index (χ1n) is 4.77. The Bertz CT molecular complexity index is 563. The Morgan fingerprint density at radius 1 is 1.44 bits per heavy atom. The maximum atomic E-state index is 11.2. The summed E-state index contributed by atoms with van der Waals surface area (Å²) in [5, 5.41) is 9.34. The van der Waals surface area contributed by atoms with Crippen molar-refractivity contribution in [3.63, 3.8) is 0 Å². The standard InChI is InChI=1S/C11H11N3O2/c12-5-8-6-14(7-13-11(8)16)9-2-1-3-10(15)4-9/h1-4,6-7,15H,5,12H2. The lowest BCUT2D eigenvalue weighted by Gasteiger charge is -2.07. The van der Waals surface area contributed by atoms with Gasteiger partial charge < -0.3 is 15.4 Å². The summed E-state index contributed by atoms with van der Waals surface area (Å²) < 4.78 is 1.64. The molecule has 0 radical (unpaired) electrons. The fourth-order valence-electron chi connectivity index (χ4n) is 1.39. The van der Waals surface area contributed by atoms with Crippen LogP contribution in [0.3, 0.4) is 0 Å². The second kappa shape index (κ2) is 4.16. The van der Waals surface area contributed by atoms with Gasteiger partial charge in [0.25, 0.3) is 5.56 Å². The van der Waals surface area contributed by atoms with Crippen molar-refractivity contribution in [2.24, 2.45) is 5.73 Å². The van der Waals surface area contributed by atoms with Crippen LogP contribution in [0, 0.1) is 0 Å². The van der Waals surface area contributed by atoms with Gasteiger partial charge in [-0.3, -0.25) is 4.79 Å². The van der Waals surface area contributed by atoms with E-state index in [1.54, 1.807) is 35.0 Å². The molecule has 3 N–H and O–H groups in total. The van der Waals surface area contributed by atoms with E-state index in [2.05, 4.69) is 4.98 Å². The van der Waals surface area contributed by atoms with E-state index in [-0.39, 0.29) is 17.9 Å². The summed E-state index contributed by atoms with van der Waals surface area (Å²) in [7, 11) is 0. The predicted molar refractivity (Wildman–Crippen MR) is 59.4 cm³/mol. The third-order valence-electron chi connectivity index (χ3n) is 2.22. The zero-order valence-corrected chi connectivity index (χ0v) is 8.50.